The third kappa shape index (κ3) is 4.20. The molecule has 1 fully saturated rings. The van der Waals surface area contributed by atoms with Crippen LogP contribution in [-0.2, 0) is 4.79 Å². The lowest BCUT2D eigenvalue weighted by Crippen LogP contribution is -2.40. The normalized spacial score (nSPS) is 16.5. The fraction of sp³-hybridized carbons (Fsp3) is 0.917. The molecule has 1 rings (SSSR count). The number of nitrogens with one attached hydrogen (secondary N) is 1. The van der Waals surface area contributed by atoms with Crippen LogP contribution in [0.1, 0.15) is 39.5 Å². The van der Waals surface area contributed by atoms with Gasteiger partial charge in [-0.3, -0.25) is 4.79 Å². The molecule has 0 aromatic heterocycles. The Morgan fingerprint density at radius 2 is 2.13 bits per heavy atom. The monoisotopic (exact) mass is 212 g/mol. The fourth-order valence-electron chi connectivity index (χ4n) is 1.70. The number of likely N-dealkylation sites (N-methyl/N-ethyl adjacent to an activating group) is 1. The van der Waals surface area contributed by atoms with Crippen LogP contribution in [0.4, 0.5) is 0 Å². The first kappa shape index (κ1) is 12.5. The van der Waals surface area contributed by atoms with Crippen LogP contribution in [0.5, 0.6) is 0 Å². The highest BCUT2D eigenvalue weighted by molar-refractivity contribution is 5.78. The standard InChI is InChI=1S/C12H24N2O/c1-10(2)14(3)12(15)9-13-8-7-11-5-4-6-11/h10-11,13H,4-9H2,1-3H3. The second kappa shape index (κ2) is 6.11. The van der Waals surface area contributed by atoms with E-state index in [-0.39, 0.29) is 5.91 Å². The molecule has 0 aromatic carbocycles. The summed E-state index contributed by atoms with van der Waals surface area (Å²) in [6.45, 7) is 5.54. The molecule has 0 saturated heterocycles. The predicted molar refractivity (Wildman–Crippen MR) is 62.7 cm³/mol. The molecule has 3 heteroatoms. The van der Waals surface area contributed by atoms with Crippen molar-refractivity contribution >= 4 is 5.91 Å². The number of carbonyl (C=O) groups is 1. The van der Waals surface area contributed by atoms with Crippen molar-refractivity contribution < 1.29 is 4.79 Å². The summed E-state index contributed by atoms with van der Waals surface area (Å²) in [4.78, 5) is 13.4. The number of nitrogens with zero attached hydrogens (tertiary/aromatic N) is 1. The van der Waals surface area contributed by atoms with Crippen LogP contribution >= 0.6 is 0 Å². The molecule has 1 N–H and O–H groups in total. The number of amides is 1. The molecule has 0 bridgehead atoms. The van der Waals surface area contributed by atoms with Crippen LogP contribution in [0.2, 0.25) is 0 Å². The number of carbonyl (C=O) groups excluding carboxylic acids is 1. The van der Waals surface area contributed by atoms with Gasteiger partial charge in [0.2, 0.25) is 5.91 Å². The Hall–Kier alpha value is -0.570. The molecule has 15 heavy (non-hydrogen) atoms. The first-order valence-electron chi connectivity index (χ1n) is 6.07. The maximum absolute atomic E-state index is 11.6. The summed E-state index contributed by atoms with van der Waals surface area (Å²) in [6.07, 6.45) is 5.42. The second-order valence-corrected chi connectivity index (χ2v) is 4.86. The lowest BCUT2D eigenvalue weighted by molar-refractivity contribution is -0.130. The van der Waals surface area contributed by atoms with E-state index in [0.717, 1.165) is 12.5 Å². The molecule has 0 radical (unpaired) electrons. The largest absolute Gasteiger partial charge is 0.342 e. The topological polar surface area (TPSA) is 32.3 Å². The Bertz CT molecular complexity index is 200. The summed E-state index contributed by atoms with van der Waals surface area (Å²) in [5, 5.41) is 3.23. The molecule has 1 aliphatic rings. The predicted octanol–water partition coefficient (Wildman–Crippen LogP) is 1.63. The van der Waals surface area contributed by atoms with Crippen molar-refractivity contribution in [2.45, 2.75) is 45.6 Å². The highest BCUT2D eigenvalue weighted by Crippen LogP contribution is 2.28. The molecular weight excluding hydrogens is 188 g/mol. The van der Waals surface area contributed by atoms with E-state index in [0.29, 0.717) is 12.6 Å². The highest BCUT2D eigenvalue weighted by Gasteiger charge is 2.16. The number of hydrogen-bond donors (Lipinski definition) is 1. The van der Waals surface area contributed by atoms with Crippen LogP contribution in [0.15, 0.2) is 0 Å². The zero-order valence-corrected chi connectivity index (χ0v) is 10.3. The van der Waals surface area contributed by atoms with Gasteiger partial charge in [0, 0.05) is 13.1 Å². The van der Waals surface area contributed by atoms with E-state index in [2.05, 4.69) is 5.32 Å². The minimum Gasteiger partial charge on any atom is -0.342 e. The van der Waals surface area contributed by atoms with Crippen LogP contribution in [0, 0.1) is 5.92 Å². The quantitative estimate of drug-likeness (QED) is 0.679. The van der Waals surface area contributed by atoms with E-state index in [1.807, 2.05) is 20.9 Å². The van der Waals surface area contributed by atoms with Gasteiger partial charge in [-0.1, -0.05) is 19.3 Å². The molecule has 1 saturated carbocycles. The van der Waals surface area contributed by atoms with E-state index in [1.54, 1.807) is 4.90 Å². The van der Waals surface area contributed by atoms with Gasteiger partial charge in [-0.15, -0.1) is 0 Å². The van der Waals surface area contributed by atoms with Gasteiger partial charge < -0.3 is 10.2 Å². The summed E-state index contributed by atoms with van der Waals surface area (Å²) in [5.41, 5.74) is 0. The lowest BCUT2D eigenvalue weighted by Gasteiger charge is -2.25. The van der Waals surface area contributed by atoms with Gasteiger partial charge in [-0.25, -0.2) is 0 Å². The number of hydrogen-bond acceptors (Lipinski definition) is 2. The Morgan fingerprint density at radius 3 is 2.60 bits per heavy atom. The molecule has 0 aliphatic heterocycles. The SMILES string of the molecule is CC(C)N(C)C(=O)CNCCC1CCC1. The summed E-state index contributed by atoms with van der Waals surface area (Å²) in [6, 6.07) is 0.297. The summed E-state index contributed by atoms with van der Waals surface area (Å²) in [7, 11) is 1.86. The Balaban J connectivity index is 2.00. The average Bonchev–Trinajstić information content (AvgIpc) is 2.13. The van der Waals surface area contributed by atoms with Gasteiger partial charge in [0.05, 0.1) is 6.54 Å². The highest BCUT2D eigenvalue weighted by atomic mass is 16.2. The van der Waals surface area contributed by atoms with Crippen molar-refractivity contribution in [3.05, 3.63) is 0 Å². The van der Waals surface area contributed by atoms with E-state index < -0.39 is 0 Å². The minimum atomic E-state index is 0.193. The maximum Gasteiger partial charge on any atom is 0.236 e. The van der Waals surface area contributed by atoms with Crippen molar-refractivity contribution in [2.24, 2.45) is 5.92 Å². The average molecular weight is 212 g/mol. The van der Waals surface area contributed by atoms with Crippen LogP contribution < -0.4 is 5.32 Å². The van der Waals surface area contributed by atoms with Gasteiger partial charge in [-0.05, 0) is 32.7 Å². The molecule has 0 spiro atoms. The van der Waals surface area contributed by atoms with Crippen molar-refractivity contribution in [1.29, 1.82) is 0 Å². The number of rotatable bonds is 6. The third-order valence-corrected chi connectivity index (χ3v) is 3.40. The van der Waals surface area contributed by atoms with Gasteiger partial charge in [0.25, 0.3) is 0 Å². The summed E-state index contributed by atoms with van der Waals surface area (Å²) in [5.74, 6) is 1.12. The van der Waals surface area contributed by atoms with Crippen molar-refractivity contribution in [1.82, 2.24) is 10.2 Å². The van der Waals surface area contributed by atoms with Crippen molar-refractivity contribution in [3.63, 3.8) is 0 Å². The Labute approximate surface area is 93.2 Å². The molecule has 0 atom stereocenters. The van der Waals surface area contributed by atoms with E-state index >= 15 is 0 Å². The first-order chi connectivity index (χ1) is 7.11. The molecule has 1 aliphatic carbocycles. The third-order valence-electron chi connectivity index (χ3n) is 3.40. The lowest BCUT2D eigenvalue weighted by atomic mass is 9.83. The van der Waals surface area contributed by atoms with Crippen molar-refractivity contribution in [2.75, 3.05) is 20.1 Å². The first-order valence-corrected chi connectivity index (χ1v) is 6.07. The Morgan fingerprint density at radius 1 is 1.47 bits per heavy atom. The Kier molecular flexibility index (Phi) is 5.09. The van der Waals surface area contributed by atoms with Gasteiger partial charge in [0.15, 0.2) is 0 Å². The zero-order valence-electron chi connectivity index (χ0n) is 10.3. The molecule has 1 amide bonds. The molecular formula is C12H24N2O. The van der Waals surface area contributed by atoms with Gasteiger partial charge in [-0.2, -0.15) is 0 Å². The molecule has 0 aromatic rings. The molecule has 0 heterocycles. The summed E-state index contributed by atoms with van der Waals surface area (Å²) < 4.78 is 0. The van der Waals surface area contributed by atoms with E-state index in [9.17, 15) is 4.79 Å². The molecule has 0 unspecified atom stereocenters. The second-order valence-electron chi connectivity index (χ2n) is 4.86. The zero-order chi connectivity index (χ0) is 11.3. The maximum atomic E-state index is 11.6. The fourth-order valence-corrected chi connectivity index (χ4v) is 1.70. The van der Waals surface area contributed by atoms with Gasteiger partial charge >= 0.3 is 0 Å². The summed E-state index contributed by atoms with van der Waals surface area (Å²) >= 11 is 0. The smallest absolute Gasteiger partial charge is 0.236 e. The van der Waals surface area contributed by atoms with E-state index in [1.165, 1.54) is 25.7 Å². The van der Waals surface area contributed by atoms with Gasteiger partial charge in [0.1, 0.15) is 0 Å². The van der Waals surface area contributed by atoms with E-state index in [4.69, 9.17) is 0 Å². The molecule has 88 valence electrons. The van der Waals surface area contributed by atoms with Crippen molar-refractivity contribution in [3.8, 4) is 0 Å². The minimum absolute atomic E-state index is 0.193. The van der Waals surface area contributed by atoms with Crippen LogP contribution in [0.25, 0.3) is 0 Å². The van der Waals surface area contributed by atoms with Crippen LogP contribution in [-0.4, -0.2) is 37.0 Å². The van der Waals surface area contributed by atoms with Crippen LogP contribution in [0.3, 0.4) is 0 Å². The molecule has 3 nitrogen and oxygen atoms in total.